The summed E-state index contributed by atoms with van der Waals surface area (Å²) in [5.74, 6) is -0.372. The van der Waals surface area contributed by atoms with E-state index >= 15 is 0 Å². The summed E-state index contributed by atoms with van der Waals surface area (Å²) in [5, 5.41) is 2.86. The molecule has 3 rings (SSSR count). The van der Waals surface area contributed by atoms with Gasteiger partial charge in [0.2, 0.25) is 11.8 Å². The van der Waals surface area contributed by atoms with Gasteiger partial charge in [-0.15, -0.1) is 0 Å². The fourth-order valence-corrected chi connectivity index (χ4v) is 3.35. The standard InChI is InChI=1S/C22H28N4O2/c1-22(2,20(27)24-16-19-9-6-10-23-15-19)21(28)26-13-11-25(12-14-26)17-18-7-4-3-5-8-18/h3-10,15H,11-14,16-17H2,1-2H3,(H,24,27). The molecule has 0 spiro atoms. The van der Waals surface area contributed by atoms with Crippen molar-refractivity contribution in [3.63, 3.8) is 0 Å². The number of hydrogen-bond donors (Lipinski definition) is 1. The minimum atomic E-state index is -1.09. The Balaban J connectivity index is 1.50. The van der Waals surface area contributed by atoms with Crippen LogP contribution in [-0.4, -0.2) is 52.8 Å². The molecule has 28 heavy (non-hydrogen) atoms. The van der Waals surface area contributed by atoms with Crippen LogP contribution in [0.25, 0.3) is 0 Å². The van der Waals surface area contributed by atoms with Crippen molar-refractivity contribution in [2.75, 3.05) is 26.2 Å². The van der Waals surface area contributed by atoms with Crippen LogP contribution in [0.4, 0.5) is 0 Å². The van der Waals surface area contributed by atoms with Gasteiger partial charge in [-0.3, -0.25) is 19.5 Å². The molecular formula is C22H28N4O2. The van der Waals surface area contributed by atoms with Crippen LogP contribution < -0.4 is 5.32 Å². The topological polar surface area (TPSA) is 65.5 Å². The Kier molecular flexibility index (Phi) is 6.41. The van der Waals surface area contributed by atoms with Gasteiger partial charge in [-0.25, -0.2) is 0 Å². The zero-order valence-corrected chi connectivity index (χ0v) is 16.6. The van der Waals surface area contributed by atoms with Crippen LogP contribution in [0.1, 0.15) is 25.0 Å². The summed E-state index contributed by atoms with van der Waals surface area (Å²) >= 11 is 0. The lowest BCUT2D eigenvalue weighted by Gasteiger charge is -2.38. The molecule has 1 aliphatic heterocycles. The summed E-state index contributed by atoms with van der Waals surface area (Å²) < 4.78 is 0. The minimum absolute atomic E-state index is 0.115. The average molecular weight is 380 g/mol. The molecule has 6 nitrogen and oxygen atoms in total. The SMILES string of the molecule is CC(C)(C(=O)NCc1cccnc1)C(=O)N1CCN(Cc2ccccc2)CC1. The van der Waals surface area contributed by atoms with Gasteiger partial charge in [-0.1, -0.05) is 36.4 Å². The molecule has 0 unspecified atom stereocenters. The Morgan fingerprint density at radius 1 is 1.00 bits per heavy atom. The number of pyridine rings is 1. The lowest BCUT2D eigenvalue weighted by atomic mass is 9.90. The normalized spacial score (nSPS) is 15.3. The van der Waals surface area contributed by atoms with Crippen LogP contribution >= 0.6 is 0 Å². The molecule has 1 saturated heterocycles. The van der Waals surface area contributed by atoms with E-state index in [1.807, 2.05) is 35.2 Å². The quantitative estimate of drug-likeness (QED) is 0.779. The van der Waals surface area contributed by atoms with Crippen molar-refractivity contribution in [3.05, 3.63) is 66.0 Å². The van der Waals surface area contributed by atoms with Gasteiger partial charge in [0.25, 0.3) is 0 Å². The lowest BCUT2D eigenvalue weighted by molar-refractivity contribution is -0.150. The van der Waals surface area contributed by atoms with Crippen LogP contribution in [-0.2, 0) is 22.7 Å². The molecule has 2 heterocycles. The molecule has 1 fully saturated rings. The third kappa shape index (κ3) is 4.95. The van der Waals surface area contributed by atoms with E-state index in [-0.39, 0.29) is 11.8 Å². The molecule has 2 aromatic rings. The Hall–Kier alpha value is -2.73. The minimum Gasteiger partial charge on any atom is -0.351 e. The van der Waals surface area contributed by atoms with Crippen molar-refractivity contribution in [3.8, 4) is 0 Å². The molecule has 0 atom stereocenters. The molecule has 1 N–H and O–H groups in total. The first-order valence-electron chi connectivity index (χ1n) is 9.69. The Labute approximate surface area is 166 Å². The summed E-state index contributed by atoms with van der Waals surface area (Å²) in [7, 11) is 0. The molecule has 1 aromatic carbocycles. The smallest absolute Gasteiger partial charge is 0.237 e. The highest BCUT2D eigenvalue weighted by molar-refractivity contribution is 6.04. The highest BCUT2D eigenvalue weighted by Gasteiger charge is 2.39. The number of amides is 2. The van der Waals surface area contributed by atoms with Gasteiger partial charge in [-0.05, 0) is 31.0 Å². The van der Waals surface area contributed by atoms with E-state index in [2.05, 4.69) is 27.3 Å². The molecule has 148 valence electrons. The zero-order valence-electron chi connectivity index (χ0n) is 16.6. The third-order valence-corrected chi connectivity index (χ3v) is 5.19. The number of aromatic nitrogens is 1. The van der Waals surface area contributed by atoms with Crippen LogP contribution in [0.5, 0.6) is 0 Å². The van der Waals surface area contributed by atoms with Gasteiger partial charge in [0.15, 0.2) is 0 Å². The second-order valence-corrected chi connectivity index (χ2v) is 7.72. The zero-order chi connectivity index (χ0) is 20.0. The van der Waals surface area contributed by atoms with Crippen molar-refractivity contribution in [2.45, 2.75) is 26.9 Å². The van der Waals surface area contributed by atoms with Crippen molar-refractivity contribution < 1.29 is 9.59 Å². The highest BCUT2D eigenvalue weighted by Crippen LogP contribution is 2.21. The first-order valence-corrected chi connectivity index (χ1v) is 9.69. The van der Waals surface area contributed by atoms with Crippen LogP contribution in [0.2, 0.25) is 0 Å². The van der Waals surface area contributed by atoms with E-state index in [4.69, 9.17) is 0 Å². The molecule has 1 aliphatic rings. The maximum absolute atomic E-state index is 13.0. The average Bonchev–Trinajstić information content (AvgIpc) is 2.73. The van der Waals surface area contributed by atoms with Crippen LogP contribution in [0.15, 0.2) is 54.9 Å². The van der Waals surface area contributed by atoms with Crippen LogP contribution in [0, 0.1) is 5.41 Å². The summed E-state index contributed by atoms with van der Waals surface area (Å²) in [6.07, 6.45) is 3.40. The predicted octanol–water partition coefficient (Wildman–Crippen LogP) is 2.07. The Morgan fingerprint density at radius 2 is 1.68 bits per heavy atom. The molecule has 6 heteroatoms. The molecular weight excluding hydrogens is 352 g/mol. The molecule has 0 radical (unpaired) electrons. The van der Waals surface area contributed by atoms with Gasteiger partial charge < -0.3 is 10.2 Å². The third-order valence-electron chi connectivity index (χ3n) is 5.19. The first kappa shape index (κ1) is 20.0. The fraction of sp³-hybridized carbons (Fsp3) is 0.409. The molecule has 0 bridgehead atoms. The number of hydrogen-bond acceptors (Lipinski definition) is 4. The van der Waals surface area contributed by atoms with Crippen molar-refractivity contribution in [1.29, 1.82) is 0 Å². The van der Waals surface area contributed by atoms with E-state index in [9.17, 15) is 9.59 Å². The number of carbonyl (C=O) groups is 2. The Bertz CT molecular complexity index is 785. The lowest BCUT2D eigenvalue weighted by Crippen LogP contribution is -2.55. The summed E-state index contributed by atoms with van der Waals surface area (Å²) in [6.45, 7) is 7.57. The number of piperazine rings is 1. The second-order valence-electron chi connectivity index (χ2n) is 7.72. The predicted molar refractivity (Wildman–Crippen MR) is 108 cm³/mol. The van der Waals surface area contributed by atoms with E-state index < -0.39 is 5.41 Å². The Morgan fingerprint density at radius 3 is 2.32 bits per heavy atom. The van der Waals surface area contributed by atoms with Crippen molar-refractivity contribution in [1.82, 2.24) is 20.1 Å². The van der Waals surface area contributed by atoms with Crippen molar-refractivity contribution in [2.24, 2.45) is 5.41 Å². The maximum Gasteiger partial charge on any atom is 0.237 e. The number of rotatable bonds is 6. The van der Waals surface area contributed by atoms with Crippen molar-refractivity contribution >= 4 is 11.8 Å². The van der Waals surface area contributed by atoms with E-state index in [1.165, 1.54) is 5.56 Å². The van der Waals surface area contributed by atoms with Gasteiger partial charge >= 0.3 is 0 Å². The van der Waals surface area contributed by atoms with Gasteiger partial charge in [0, 0.05) is 51.7 Å². The highest BCUT2D eigenvalue weighted by atomic mass is 16.2. The first-order chi connectivity index (χ1) is 13.5. The largest absolute Gasteiger partial charge is 0.351 e. The number of nitrogens with one attached hydrogen (secondary N) is 1. The van der Waals surface area contributed by atoms with Gasteiger partial charge in [0.05, 0.1) is 0 Å². The van der Waals surface area contributed by atoms with E-state index in [1.54, 1.807) is 26.2 Å². The number of carbonyl (C=O) groups excluding carboxylic acids is 2. The molecule has 0 aliphatic carbocycles. The van der Waals surface area contributed by atoms with Gasteiger partial charge in [0.1, 0.15) is 5.41 Å². The molecule has 2 amide bonds. The van der Waals surface area contributed by atoms with Gasteiger partial charge in [-0.2, -0.15) is 0 Å². The van der Waals surface area contributed by atoms with E-state index in [0.29, 0.717) is 19.6 Å². The number of nitrogens with zero attached hydrogens (tertiary/aromatic N) is 3. The second kappa shape index (κ2) is 8.97. The monoisotopic (exact) mass is 380 g/mol. The summed E-state index contributed by atoms with van der Waals surface area (Å²) in [6, 6.07) is 14.1. The molecule has 0 saturated carbocycles. The summed E-state index contributed by atoms with van der Waals surface area (Å²) in [5.41, 5.74) is 1.09. The van der Waals surface area contributed by atoms with E-state index in [0.717, 1.165) is 25.2 Å². The summed E-state index contributed by atoms with van der Waals surface area (Å²) in [4.78, 5) is 33.8. The molecule has 1 aromatic heterocycles. The number of benzene rings is 1. The fourth-order valence-electron chi connectivity index (χ4n) is 3.35. The maximum atomic E-state index is 13.0. The van der Waals surface area contributed by atoms with Crippen LogP contribution in [0.3, 0.4) is 0 Å².